The van der Waals surface area contributed by atoms with Gasteiger partial charge >= 0.3 is 19.5 Å². The summed E-state index contributed by atoms with van der Waals surface area (Å²) in [7, 11) is -4.17. The summed E-state index contributed by atoms with van der Waals surface area (Å²) in [6.07, 6.45) is 0.412. The molecule has 1 aliphatic heterocycles. The summed E-state index contributed by atoms with van der Waals surface area (Å²) in [5, 5.41) is 25.8. The highest BCUT2D eigenvalue weighted by Gasteiger charge is 2.45. The summed E-state index contributed by atoms with van der Waals surface area (Å²) in [5.41, 5.74) is -1.27. The third kappa shape index (κ3) is 9.16. The van der Waals surface area contributed by atoms with Crippen LogP contribution in [-0.4, -0.2) is 87.6 Å². The lowest BCUT2D eigenvalue weighted by Crippen LogP contribution is -2.34. The van der Waals surface area contributed by atoms with Crippen LogP contribution in [0.4, 0.5) is 5.82 Å². The van der Waals surface area contributed by atoms with Crippen molar-refractivity contribution in [3.63, 3.8) is 0 Å². The predicted octanol–water partition coefficient (Wildman–Crippen LogP) is 4.35. The van der Waals surface area contributed by atoms with Gasteiger partial charge in [0.25, 0.3) is 0 Å². The van der Waals surface area contributed by atoms with Crippen molar-refractivity contribution in [2.45, 2.75) is 97.8 Å². The molecule has 17 heteroatoms. The van der Waals surface area contributed by atoms with E-state index in [9.17, 15) is 24.4 Å². The number of aliphatic hydroxyl groups is 2. The van der Waals surface area contributed by atoms with E-state index in [2.05, 4.69) is 15.3 Å². The van der Waals surface area contributed by atoms with Crippen LogP contribution in [0.1, 0.15) is 73.5 Å². The van der Waals surface area contributed by atoms with Crippen molar-refractivity contribution in [1.82, 2.24) is 14.5 Å². The Bertz CT molecular complexity index is 1380. The molecule has 1 aliphatic carbocycles. The molecule has 2 fully saturated rings. The van der Waals surface area contributed by atoms with Gasteiger partial charge in [-0.25, -0.2) is 4.98 Å². The van der Waals surface area contributed by atoms with E-state index in [0.717, 1.165) is 25.7 Å². The topological polar surface area (TPSA) is 190 Å². The molecule has 3 N–H and O–H groups in total. The van der Waals surface area contributed by atoms with Crippen LogP contribution in [0.2, 0.25) is 5.28 Å². The maximum absolute atomic E-state index is 13.4. The van der Waals surface area contributed by atoms with Gasteiger partial charge in [0.1, 0.15) is 36.1 Å². The van der Waals surface area contributed by atoms with E-state index in [1.54, 1.807) is 58.4 Å². The van der Waals surface area contributed by atoms with E-state index in [1.807, 2.05) is 0 Å². The Hall–Kier alpha value is -2.36. The molecule has 1 saturated heterocycles. The lowest BCUT2D eigenvalue weighted by atomic mass is 9.98. The fourth-order valence-electron chi connectivity index (χ4n) is 4.83. The van der Waals surface area contributed by atoms with Crippen molar-refractivity contribution < 1.29 is 52.4 Å². The highest BCUT2D eigenvalue weighted by atomic mass is 35.5. The van der Waals surface area contributed by atoms with Gasteiger partial charge in [-0.15, -0.1) is 0 Å². The Morgan fingerprint density at radius 1 is 1.02 bits per heavy atom. The van der Waals surface area contributed by atoms with Crippen LogP contribution in [0.25, 0.3) is 11.0 Å². The number of aromatic nitrogens is 3. The highest BCUT2D eigenvalue weighted by molar-refractivity contribution is 7.53. The van der Waals surface area contributed by atoms with Gasteiger partial charge in [-0.3, -0.25) is 23.2 Å². The number of nitrogens with zero attached hydrogens (tertiary/aromatic N) is 3. The Morgan fingerprint density at radius 2 is 1.61 bits per heavy atom. The molecule has 1 unspecified atom stereocenters. The second-order valence-corrected chi connectivity index (χ2v) is 15.8. The van der Waals surface area contributed by atoms with Crippen molar-refractivity contribution in [3.05, 3.63) is 17.5 Å². The third-order valence-corrected chi connectivity index (χ3v) is 9.15. The minimum atomic E-state index is -4.17. The quantitative estimate of drug-likeness (QED) is 0.116. The molecule has 258 valence electrons. The number of aliphatic hydroxyl groups excluding tert-OH is 2. The number of hydrogen-bond acceptors (Lipinski definition) is 14. The normalized spacial score (nSPS) is 22.8. The molecule has 1 saturated carbocycles. The van der Waals surface area contributed by atoms with Gasteiger partial charge in [0.2, 0.25) is 18.9 Å². The fraction of sp³-hybridized carbons (Fsp3) is 0.724. The molecule has 0 aromatic carbocycles. The monoisotopic (exact) mass is 690 g/mol. The first-order valence-electron chi connectivity index (χ1n) is 15.1. The SMILES string of the molecule is CC(C)(C)C(=O)OCOP(=O)(COCC1O[C@@H](n2ccc3c(NC4CCCC4)nc(Cl)nc32)[C@H](O)[C@@H]1O)OCOC(=O)C(C)(C)C. The minimum absolute atomic E-state index is 0.0120. The summed E-state index contributed by atoms with van der Waals surface area (Å²) in [5.74, 6) is -0.634. The Balaban J connectivity index is 1.40. The van der Waals surface area contributed by atoms with Crippen molar-refractivity contribution in [2.75, 3.05) is 31.9 Å². The van der Waals surface area contributed by atoms with Gasteiger partial charge in [-0.05, 0) is 72.1 Å². The lowest BCUT2D eigenvalue weighted by Gasteiger charge is -2.22. The number of esters is 2. The Labute approximate surface area is 272 Å². The number of nitrogens with one attached hydrogen (secondary N) is 1. The molecule has 3 heterocycles. The summed E-state index contributed by atoms with van der Waals surface area (Å²) in [4.78, 5) is 32.9. The second kappa shape index (κ2) is 14.8. The molecule has 2 aromatic rings. The van der Waals surface area contributed by atoms with Crippen molar-refractivity contribution in [3.8, 4) is 0 Å². The van der Waals surface area contributed by atoms with Crippen LogP contribution >= 0.6 is 19.2 Å². The number of hydrogen-bond donors (Lipinski definition) is 3. The molecular weight excluding hydrogens is 647 g/mol. The van der Waals surface area contributed by atoms with E-state index in [4.69, 9.17) is 39.6 Å². The molecule has 0 amide bonds. The molecule has 0 bridgehead atoms. The highest BCUT2D eigenvalue weighted by Crippen LogP contribution is 2.48. The zero-order valence-corrected chi connectivity index (χ0v) is 28.6. The third-order valence-electron chi connectivity index (χ3n) is 7.49. The van der Waals surface area contributed by atoms with Crippen molar-refractivity contribution in [1.29, 1.82) is 0 Å². The standard InChI is InChI=1S/C29H44ClN4O11P/c1-28(2,3)25(37)41-14-43-46(39,44-15-42-26(38)29(4,5)6)16-40-13-19-20(35)21(36)24(45-19)34-12-11-18-22(31-17-9-7-8-10-17)32-27(30)33-23(18)34/h11-12,17,19-21,24,35-36H,7-10,13-16H2,1-6H3,(H,31,32,33)/t19?,20-,21-,24-/m1/s1. The first-order chi connectivity index (χ1) is 21.5. The summed E-state index contributed by atoms with van der Waals surface area (Å²) in [6.45, 7) is 8.07. The molecule has 2 aliphatic rings. The molecule has 2 aromatic heterocycles. The smallest absolute Gasteiger partial charge is 0.361 e. The van der Waals surface area contributed by atoms with Crippen LogP contribution in [0.5, 0.6) is 0 Å². The second-order valence-electron chi connectivity index (χ2n) is 13.4. The van der Waals surface area contributed by atoms with Crippen LogP contribution in [-0.2, 0) is 42.1 Å². The van der Waals surface area contributed by atoms with Gasteiger partial charge in [-0.2, -0.15) is 4.98 Å². The molecule has 4 rings (SSSR count). The summed E-state index contributed by atoms with van der Waals surface area (Å²) < 4.78 is 47.1. The molecule has 46 heavy (non-hydrogen) atoms. The first-order valence-corrected chi connectivity index (χ1v) is 17.2. The maximum Gasteiger partial charge on any atom is 0.361 e. The van der Waals surface area contributed by atoms with E-state index in [1.165, 1.54) is 0 Å². The van der Waals surface area contributed by atoms with Gasteiger partial charge in [0.05, 0.1) is 22.8 Å². The van der Waals surface area contributed by atoms with Crippen LogP contribution < -0.4 is 5.32 Å². The lowest BCUT2D eigenvalue weighted by molar-refractivity contribution is -0.162. The average Bonchev–Trinajstić information content (AvgIpc) is 3.68. The van der Waals surface area contributed by atoms with Crippen molar-refractivity contribution >= 4 is 48.0 Å². The Morgan fingerprint density at radius 3 is 2.17 bits per heavy atom. The molecule has 0 radical (unpaired) electrons. The van der Waals surface area contributed by atoms with Gasteiger partial charge in [0, 0.05) is 12.2 Å². The summed E-state index contributed by atoms with van der Waals surface area (Å²) >= 11 is 6.25. The van der Waals surface area contributed by atoms with Crippen molar-refractivity contribution in [2.24, 2.45) is 10.8 Å². The van der Waals surface area contributed by atoms with E-state index in [-0.39, 0.29) is 17.9 Å². The van der Waals surface area contributed by atoms with Gasteiger partial charge in [0.15, 0.2) is 6.23 Å². The molecule has 15 nitrogen and oxygen atoms in total. The number of carbonyl (C=O) groups excluding carboxylic acids is 2. The molecular formula is C29H44ClN4O11P. The van der Waals surface area contributed by atoms with Gasteiger partial charge in [-0.1, -0.05) is 12.8 Å². The van der Waals surface area contributed by atoms with Crippen LogP contribution in [0.3, 0.4) is 0 Å². The zero-order valence-electron chi connectivity index (χ0n) is 26.9. The first kappa shape index (κ1) is 36.5. The predicted molar refractivity (Wildman–Crippen MR) is 166 cm³/mol. The van der Waals surface area contributed by atoms with E-state index < -0.39 is 74.8 Å². The van der Waals surface area contributed by atoms with E-state index in [0.29, 0.717) is 16.9 Å². The average molecular weight is 691 g/mol. The number of fused-ring (bicyclic) bond motifs is 1. The number of ether oxygens (including phenoxy) is 4. The van der Waals surface area contributed by atoms with Crippen LogP contribution in [0, 0.1) is 10.8 Å². The fourth-order valence-corrected chi connectivity index (χ4v) is 5.97. The molecule has 4 atom stereocenters. The van der Waals surface area contributed by atoms with E-state index >= 15 is 0 Å². The minimum Gasteiger partial charge on any atom is -0.438 e. The Kier molecular flexibility index (Phi) is 11.7. The molecule has 0 spiro atoms. The van der Waals surface area contributed by atoms with Gasteiger partial charge < -0.3 is 39.0 Å². The van der Waals surface area contributed by atoms with Crippen LogP contribution in [0.15, 0.2) is 12.3 Å². The zero-order chi connectivity index (χ0) is 33.9. The largest absolute Gasteiger partial charge is 0.438 e. The number of halogens is 1. The number of anilines is 1. The number of carbonyl (C=O) groups is 2. The summed E-state index contributed by atoms with van der Waals surface area (Å²) in [6, 6.07) is 2.05. The maximum atomic E-state index is 13.4. The number of rotatable bonds is 13.